The van der Waals surface area contributed by atoms with E-state index < -0.39 is 0 Å². The van der Waals surface area contributed by atoms with E-state index >= 15 is 0 Å². The normalized spacial score (nSPS) is 9.88. The molecule has 4 nitrogen and oxygen atoms in total. The largest absolute Gasteiger partial charge is 0.397 e. The summed E-state index contributed by atoms with van der Waals surface area (Å²) in [6, 6.07) is 7.29. The van der Waals surface area contributed by atoms with Gasteiger partial charge in [0.15, 0.2) is 0 Å². The number of rotatable bonds is 7. The first-order valence-electron chi connectivity index (χ1n) is 5.50. The topological polar surface area (TPSA) is 82.1 Å². The van der Waals surface area contributed by atoms with Gasteiger partial charge < -0.3 is 16.2 Å². The lowest BCUT2D eigenvalue weighted by Crippen LogP contribution is -2.07. The van der Waals surface area contributed by atoms with Gasteiger partial charge in [0.05, 0.1) is 23.0 Å². The monoisotopic (exact) mass is 251 g/mol. The summed E-state index contributed by atoms with van der Waals surface area (Å²) in [5.74, 6) is 1.94. The van der Waals surface area contributed by atoms with Gasteiger partial charge in [0, 0.05) is 18.9 Å². The average Bonchev–Trinajstić information content (AvgIpc) is 2.35. The smallest absolute Gasteiger partial charge is 0.0992 e. The van der Waals surface area contributed by atoms with Crippen LogP contribution >= 0.6 is 11.8 Å². The summed E-state index contributed by atoms with van der Waals surface area (Å²) >= 11 is 1.79. The Morgan fingerprint density at radius 2 is 2.24 bits per heavy atom. The Morgan fingerprint density at radius 1 is 1.41 bits per heavy atom. The molecule has 0 saturated heterocycles. The molecule has 0 aliphatic heterocycles. The van der Waals surface area contributed by atoms with Crippen molar-refractivity contribution in [2.45, 2.75) is 6.42 Å². The fourth-order valence-corrected chi connectivity index (χ4v) is 2.10. The number of nitrogens with zero attached hydrogens (tertiary/aromatic N) is 1. The van der Waals surface area contributed by atoms with Gasteiger partial charge in [-0.15, -0.1) is 0 Å². The van der Waals surface area contributed by atoms with Gasteiger partial charge in [-0.3, -0.25) is 0 Å². The van der Waals surface area contributed by atoms with Crippen LogP contribution in [0.2, 0.25) is 0 Å². The Hall–Kier alpha value is -1.38. The minimum atomic E-state index is 0.253. The summed E-state index contributed by atoms with van der Waals surface area (Å²) in [6.07, 6.45) is 0.837. The maximum atomic E-state index is 8.70. The third-order valence-electron chi connectivity index (χ3n) is 2.19. The Labute approximate surface area is 106 Å². The van der Waals surface area contributed by atoms with E-state index in [4.69, 9.17) is 16.1 Å². The van der Waals surface area contributed by atoms with Gasteiger partial charge in [-0.25, -0.2) is 0 Å². The zero-order chi connectivity index (χ0) is 12.5. The van der Waals surface area contributed by atoms with Gasteiger partial charge in [-0.1, -0.05) is 0 Å². The molecule has 0 bridgehead atoms. The number of nitriles is 1. The van der Waals surface area contributed by atoms with Crippen LogP contribution in [0.4, 0.5) is 11.4 Å². The Bertz CT molecular complexity index is 390. The van der Waals surface area contributed by atoms with Crippen molar-refractivity contribution in [3.63, 3.8) is 0 Å². The van der Waals surface area contributed by atoms with Gasteiger partial charge in [-0.05, 0) is 30.4 Å². The minimum Gasteiger partial charge on any atom is -0.397 e. The molecule has 0 aliphatic rings. The molecule has 92 valence electrons. The van der Waals surface area contributed by atoms with Crippen molar-refractivity contribution in [3.05, 3.63) is 23.8 Å². The second kappa shape index (κ2) is 7.82. The van der Waals surface area contributed by atoms with Crippen LogP contribution in [0.5, 0.6) is 0 Å². The van der Waals surface area contributed by atoms with Crippen molar-refractivity contribution in [1.82, 2.24) is 0 Å². The summed E-state index contributed by atoms with van der Waals surface area (Å²) in [4.78, 5) is 0. The first-order valence-corrected chi connectivity index (χ1v) is 6.65. The molecule has 0 aliphatic carbocycles. The van der Waals surface area contributed by atoms with E-state index in [1.165, 1.54) is 0 Å². The van der Waals surface area contributed by atoms with Gasteiger partial charge in [0.25, 0.3) is 0 Å². The summed E-state index contributed by atoms with van der Waals surface area (Å²) in [5, 5.41) is 20.5. The van der Waals surface area contributed by atoms with Gasteiger partial charge in [0.2, 0.25) is 0 Å². The quantitative estimate of drug-likeness (QED) is 0.507. The second-order valence-corrected chi connectivity index (χ2v) is 4.75. The molecule has 17 heavy (non-hydrogen) atoms. The number of nitrogens with one attached hydrogen (secondary N) is 1. The molecule has 0 saturated carbocycles. The van der Waals surface area contributed by atoms with Crippen molar-refractivity contribution in [3.8, 4) is 6.07 Å². The molecule has 0 heterocycles. The molecule has 1 aromatic carbocycles. The lowest BCUT2D eigenvalue weighted by atomic mass is 10.2. The zero-order valence-electron chi connectivity index (χ0n) is 9.65. The van der Waals surface area contributed by atoms with Crippen molar-refractivity contribution < 1.29 is 5.11 Å². The molecule has 0 unspecified atom stereocenters. The maximum Gasteiger partial charge on any atom is 0.0992 e. The van der Waals surface area contributed by atoms with Crippen LogP contribution < -0.4 is 11.1 Å². The minimum absolute atomic E-state index is 0.253. The number of aliphatic hydroxyl groups excluding tert-OH is 1. The molecule has 1 rings (SSSR count). The summed E-state index contributed by atoms with van der Waals surface area (Å²) in [6.45, 7) is 1.08. The highest BCUT2D eigenvalue weighted by atomic mass is 32.2. The van der Waals surface area contributed by atoms with Crippen LogP contribution in [-0.4, -0.2) is 29.8 Å². The summed E-state index contributed by atoms with van der Waals surface area (Å²) in [5.41, 5.74) is 7.85. The van der Waals surface area contributed by atoms with Crippen LogP contribution in [0.25, 0.3) is 0 Å². The lowest BCUT2D eigenvalue weighted by molar-refractivity contribution is 0.296. The fourth-order valence-electron chi connectivity index (χ4n) is 1.32. The summed E-state index contributed by atoms with van der Waals surface area (Å²) < 4.78 is 0. The number of hydrogen-bond acceptors (Lipinski definition) is 5. The number of nitrogen functional groups attached to an aromatic ring is 1. The van der Waals surface area contributed by atoms with Crippen LogP contribution in [0.15, 0.2) is 18.2 Å². The predicted octanol–water partition coefficient (Wildman–Crippen LogP) is 1.67. The molecular weight excluding hydrogens is 234 g/mol. The number of thioether (sulfide) groups is 1. The van der Waals surface area contributed by atoms with Crippen molar-refractivity contribution in [2.24, 2.45) is 0 Å². The van der Waals surface area contributed by atoms with Crippen molar-refractivity contribution >= 4 is 23.1 Å². The molecule has 1 aromatic rings. The highest BCUT2D eigenvalue weighted by molar-refractivity contribution is 7.99. The van der Waals surface area contributed by atoms with E-state index in [2.05, 4.69) is 5.32 Å². The fraction of sp³-hybridized carbons (Fsp3) is 0.417. The lowest BCUT2D eigenvalue weighted by Gasteiger charge is -2.09. The van der Waals surface area contributed by atoms with Crippen LogP contribution in [-0.2, 0) is 0 Å². The number of nitrogens with two attached hydrogens (primary N) is 1. The predicted molar refractivity (Wildman–Crippen MR) is 73.1 cm³/mol. The van der Waals surface area contributed by atoms with Gasteiger partial charge >= 0.3 is 0 Å². The summed E-state index contributed by atoms with van der Waals surface area (Å²) in [7, 11) is 0. The van der Waals surface area contributed by atoms with Crippen LogP contribution in [0, 0.1) is 11.3 Å². The number of benzene rings is 1. The van der Waals surface area contributed by atoms with E-state index in [9.17, 15) is 0 Å². The Balaban J connectivity index is 2.30. The SMILES string of the molecule is N#Cc1ccc(NCCSCCCO)c(N)c1. The highest BCUT2D eigenvalue weighted by Gasteiger charge is 1.99. The Kier molecular flexibility index (Phi) is 6.30. The number of hydrogen-bond donors (Lipinski definition) is 3. The highest BCUT2D eigenvalue weighted by Crippen LogP contribution is 2.19. The van der Waals surface area contributed by atoms with Crippen LogP contribution in [0.3, 0.4) is 0 Å². The third-order valence-corrected chi connectivity index (χ3v) is 3.26. The molecular formula is C12H17N3OS. The molecule has 0 spiro atoms. The molecule has 0 radical (unpaired) electrons. The zero-order valence-corrected chi connectivity index (χ0v) is 10.5. The van der Waals surface area contributed by atoms with E-state index in [0.717, 1.165) is 30.2 Å². The number of anilines is 2. The Morgan fingerprint density at radius 3 is 2.88 bits per heavy atom. The standard InChI is InChI=1S/C12H17N3OS/c13-9-10-2-3-12(11(14)8-10)15-4-7-17-6-1-5-16/h2-3,8,15-16H,1,4-7,14H2. The molecule has 5 heteroatoms. The van der Waals surface area contributed by atoms with E-state index in [1.54, 1.807) is 23.9 Å². The molecule has 0 amide bonds. The number of aliphatic hydroxyl groups is 1. The molecule has 0 atom stereocenters. The van der Waals surface area contributed by atoms with E-state index in [-0.39, 0.29) is 6.61 Å². The second-order valence-electron chi connectivity index (χ2n) is 3.53. The average molecular weight is 251 g/mol. The first kappa shape index (κ1) is 13.7. The first-order chi connectivity index (χ1) is 8.27. The molecule has 4 N–H and O–H groups in total. The molecule has 0 fully saturated rings. The molecule has 0 aromatic heterocycles. The van der Waals surface area contributed by atoms with Gasteiger partial charge in [-0.2, -0.15) is 17.0 Å². The van der Waals surface area contributed by atoms with Crippen molar-refractivity contribution in [2.75, 3.05) is 35.7 Å². The van der Waals surface area contributed by atoms with E-state index in [1.807, 2.05) is 12.1 Å². The van der Waals surface area contributed by atoms with Crippen LogP contribution in [0.1, 0.15) is 12.0 Å². The third kappa shape index (κ3) is 4.98. The van der Waals surface area contributed by atoms with Gasteiger partial charge in [0.1, 0.15) is 0 Å². The van der Waals surface area contributed by atoms with E-state index in [0.29, 0.717) is 11.3 Å². The van der Waals surface area contributed by atoms with Crippen molar-refractivity contribution in [1.29, 1.82) is 5.26 Å². The maximum absolute atomic E-state index is 8.70.